The van der Waals surface area contributed by atoms with Gasteiger partial charge in [0, 0.05) is 26.2 Å². The van der Waals surface area contributed by atoms with Crippen molar-refractivity contribution in [1.82, 2.24) is 20.4 Å². The van der Waals surface area contributed by atoms with Crippen molar-refractivity contribution in [3.8, 4) is 0 Å². The summed E-state index contributed by atoms with van der Waals surface area (Å²) < 4.78 is 10.7. The van der Waals surface area contributed by atoms with E-state index in [0.717, 1.165) is 39.3 Å². The zero-order valence-electron chi connectivity index (χ0n) is 19.5. The molecular formula is C22H40N4O4. The number of hydrogen-bond acceptors (Lipinski definition) is 6. The van der Waals surface area contributed by atoms with Crippen molar-refractivity contribution >= 4 is 12.2 Å². The Labute approximate surface area is 181 Å². The molecule has 0 radical (unpaired) electrons. The molecule has 30 heavy (non-hydrogen) atoms. The highest BCUT2D eigenvalue weighted by Crippen LogP contribution is 2.31. The van der Waals surface area contributed by atoms with Crippen LogP contribution in [0.1, 0.15) is 54.4 Å². The molecule has 0 aliphatic carbocycles. The van der Waals surface area contributed by atoms with Crippen molar-refractivity contribution in [1.29, 1.82) is 0 Å². The molecule has 0 saturated carbocycles. The first-order chi connectivity index (χ1) is 13.9. The highest BCUT2D eigenvalue weighted by molar-refractivity contribution is 5.70. The Morgan fingerprint density at radius 3 is 1.40 bits per heavy atom. The van der Waals surface area contributed by atoms with Gasteiger partial charge in [-0.25, -0.2) is 9.59 Å². The van der Waals surface area contributed by atoms with Gasteiger partial charge in [-0.3, -0.25) is 0 Å². The third kappa shape index (κ3) is 5.78. The summed E-state index contributed by atoms with van der Waals surface area (Å²) in [6.45, 7) is 17.2. The van der Waals surface area contributed by atoms with Crippen molar-refractivity contribution in [2.45, 2.75) is 77.7 Å². The zero-order valence-corrected chi connectivity index (χ0v) is 19.5. The van der Waals surface area contributed by atoms with Gasteiger partial charge in [0.05, 0.1) is 12.1 Å². The van der Waals surface area contributed by atoms with Crippen LogP contribution in [0.25, 0.3) is 0 Å². The average molecular weight is 425 g/mol. The van der Waals surface area contributed by atoms with Crippen molar-refractivity contribution in [2.24, 2.45) is 11.8 Å². The molecule has 4 aliphatic heterocycles. The lowest BCUT2D eigenvalue weighted by atomic mass is 9.83. The minimum absolute atomic E-state index is 0.160. The first-order valence-electron chi connectivity index (χ1n) is 11.4. The predicted octanol–water partition coefficient (Wildman–Crippen LogP) is 2.43. The summed E-state index contributed by atoms with van der Waals surface area (Å²) in [4.78, 5) is 27.2. The standard InChI is InChI=1S/2C11H20N2O2/c2*1-11(2,3)15-10(14)13-7-8-4-5-12-6-9(8)13/h2*8-9,12H,4-7H2,1-3H3/t2*8-,9-/m10/s1. The van der Waals surface area contributed by atoms with Gasteiger partial charge in [-0.1, -0.05) is 0 Å². The Balaban J connectivity index is 0.000000171. The highest BCUT2D eigenvalue weighted by Gasteiger charge is 2.45. The quantitative estimate of drug-likeness (QED) is 0.621. The average Bonchev–Trinajstić information content (AvgIpc) is 2.54. The molecule has 4 fully saturated rings. The SMILES string of the molecule is CC(C)(C)OC(=O)N1C[C@@H]2CCNC[C@@H]21.CC(C)(C)OC(=O)N1C[C@H]2CCNC[C@H]21. The molecule has 4 rings (SSSR count). The third-order valence-corrected chi connectivity index (χ3v) is 6.10. The number of piperidine rings is 2. The predicted molar refractivity (Wildman–Crippen MR) is 115 cm³/mol. The first kappa shape index (κ1) is 23.1. The van der Waals surface area contributed by atoms with E-state index < -0.39 is 0 Å². The van der Waals surface area contributed by atoms with Gasteiger partial charge in [0.2, 0.25) is 0 Å². The second kappa shape index (κ2) is 8.91. The lowest BCUT2D eigenvalue weighted by Crippen LogP contribution is -2.65. The number of nitrogens with zero attached hydrogens (tertiary/aromatic N) is 2. The lowest BCUT2D eigenvalue weighted by Gasteiger charge is -2.50. The molecule has 4 atom stereocenters. The Kier molecular flexibility index (Phi) is 6.87. The number of amides is 2. The van der Waals surface area contributed by atoms with Gasteiger partial charge in [-0.15, -0.1) is 0 Å². The normalized spacial score (nSPS) is 30.5. The summed E-state index contributed by atoms with van der Waals surface area (Å²) in [5.74, 6) is 1.39. The van der Waals surface area contributed by atoms with Crippen LogP contribution in [0.3, 0.4) is 0 Å². The van der Waals surface area contributed by atoms with Gasteiger partial charge in [-0.05, 0) is 79.3 Å². The van der Waals surface area contributed by atoms with Crippen LogP contribution in [0.2, 0.25) is 0 Å². The van der Waals surface area contributed by atoms with Crippen LogP contribution in [0, 0.1) is 11.8 Å². The van der Waals surface area contributed by atoms with Gasteiger partial charge in [0.1, 0.15) is 11.2 Å². The number of carbonyl (C=O) groups is 2. The van der Waals surface area contributed by atoms with Crippen LogP contribution in [0.15, 0.2) is 0 Å². The fourth-order valence-corrected chi connectivity index (χ4v) is 4.51. The van der Waals surface area contributed by atoms with E-state index in [2.05, 4.69) is 10.6 Å². The van der Waals surface area contributed by atoms with Gasteiger partial charge in [0.15, 0.2) is 0 Å². The van der Waals surface area contributed by atoms with Crippen molar-refractivity contribution in [2.75, 3.05) is 39.3 Å². The van der Waals surface area contributed by atoms with E-state index in [9.17, 15) is 9.59 Å². The second-order valence-electron chi connectivity index (χ2n) is 10.9. The molecule has 0 aromatic heterocycles. The van der Waals surface area contributed by atoms with E-state index in [1.165, 1.54) is 12.8 Å². The number of rotatable bonds is 0. The molecule has 8 nitrogen and oxygen atoms in total. The van der Waals surface area contributed by atoms with Gasteiger partial charge >= 0.3 is 12.2 Å². The van der Waals surface area contributed by atoms with Crippen LogP contribution < -0.4 is 10.6 Å². The number of hydrogen-bond donors (Lipinski definition) is 2. The fraction of sp³-hybridized carbons (Fsp3) is 0.909. The molecule has 0 bridgehead atoms. The van der Waals surface area contributed by atoms with Crippen LogP contribution in [0.5, 0.6) is 0 Å². The fourth-order valence-electron chi connectivity index (χ4n) is 4.51. The second-order valence-corrected chi connectivity index (χ2v) is 10.9. The minimum Gasteiger partial charge on any atom is -0.444 e. The van der Waals surface area contributed by atoms with E-state index >= 15 is 0 Å². The van der Waals surface area contributed by atoms with Crippen LogP contribution in [0.4, 0.5) is 9.59 Å². The molecule has 8 heteroatoms. The summed E-state index contributed by atoms with van der Waals surface area (Å²) in [5.41, 5.74) is -0.769. The van der Waals surface area contributed by atoms with Crippen LogP contribution in [-0.2, 0) is 9.47 Å². The van der Waals surface area contributed by atoms with E-state index in [-0.39, 0.29) is 23.4 Å². The van der Waals surface area contributed by atoms with Gasteiger partial charge in [0.25, 0.3) is 0 Å². The number of carbonyl (C=O) groups excluding carboxylic acids is 2. The summed E-state index contributed by atoms with van der Waals surface area (Å²) in [5, 5.41) is 6.63. The third-order valence-electron chi connectivity index (χ3n) is 6.10. The smallest absolute Gasteiger partial charge is 0.410 e. The summed E-state index contributed by atoms with van der Waals surface area (Å²) in [6.07, 6.45) is 2.05. The summed E-state index contributed by atoms with van der Waals surface area (Å²) >= 11 is 0. The maximum absolute atomic E-state index is 11.8. The Morgan fingerprint density at radius 2 is 1.10 bits per heavy atom. The van der Waals surface area contributed by atoms with E-state index in [0.29, 0.717) is 23.9 Å². The largest absolute Gasteiger partial charge is 0.444 e. The summed E-state index contributed by atoms with van der Waals surface area (Å²) in [6, 6.07) is 0.738. The monoisotopic (exact) mass is 424 g/mol. The Bertz CT molecular complexity index is 574. The Morgan fingerprint density at radius 1 is 0.733 bits per heavy atom. The topological polar surface area (TPSA) is 83.1 Å². The molecule has 2 amide bonds. The first-order valence-corrected chi connectivity index (χ1v) is 11.4. The molecule has 0 spiro atoms. The molecule has 2 N–H and O–H groups in total. The Hall–Kier alpha value is -1.54. The molecule has 4 saturated heterocycles. The molecular weight excluding hydrogens is 384 g/mol. The maximum Gasteiger partial charge on any atom is 0.410 e. The number of ether oxygens (including phenoxy) is 2. The van der Waals surface area contributed by atoms with Crippen molar-refractivity contribution in [3.05, 3.63) is 0 Å². The van der Waals surface area contributed by atoms with E-state index in [4.69, 9.17) is 9.47 Å². The molecule has 0 unspecified atom stereocenters. The number of nitrogens with one attached hydrogen (secondary N) is 2. The molecule has 4 heterocycles. The summed E-state index contributed by atoms with van der Waals surface area (Å²) in [7, 11) is 0. The molecule has 0 aromatic rings. The highest BCUT2D eigenvalue weighted by atomic mass is 16.6. The molecule has 172 valence electrons. The van der Waals surface area contributed by atoms with E-state index in [1.54, 1.807) is 0 Å². The van der Waals surface area contributed by atoms with Gasteiger partial charge < -0.3 is 29.9 Å². The molecule has 4 aliphatic rings. The van der Waals surface area contributed by atoms with Crippen molar-refractivity contribution < 1.29 is 19.1 Å². The number of fused-ring (bicyclic) bond motifs is 2. The van der Waals surface area contributed by atoms with Crippen molar-refractivity contribution in [3.63, 3.8) is 0 Å². The number of likely N-dealkylation sites (tertiary alicyclic amines) is 2. The zero-order chi connectivity index (χ0) is 22.1. The van der Waals surface area contributed by atoms with Gasteiger partial charge in [-0.2, -0.15) is 0 Å². The minimum atomic E-state index is -0.385. The maximum atomic E-state index is 11.8. The van der Waals surface area contributed by atoms with Crippen LogP contribution in [-0.4, -0.2) is 84.5 Å². The van der Waals surface area contributed by atoms with Crippen LogP contribution >= 0.6 is 0 Å². The lowest BCUT2D eigenvalue weighted by molar-refractivity contribution is -0.0387. The molecule has 0 aromatic carbocycles. The van der Waals surface area contributed by atoms with E-state index in [1.807, 2.05) is 51.3 Å².